The zero-order valence-electron chi connectivity index (χ0n) is 26.5. The summed E-state index contributed by atoms with van der Waals surface area (Å²) in [6.45, 7) is 0. The Labute approximate surface area is 292 Å². The van der Waals surface area contributed by atoms with Gasteiger partial charge >= 0.3 is 0 Å². The van der Waals surface area contributed by atoms with Crippen LogP contribution in [0.4, 0.5) is 17.1 Å². The van der Waals surface area contributed by atoms with Gasteiger partial charge in [-0.2, -0.15) is 0 Å². The van der Waals surface area contributed by atoms with Gasteiger partial charge in [-0.1, -0.05) is 127 Å². The zero-order chi connectivity index (χ0) is 32.3. The lowest BCUT2D eigenvalue weighted by atomic mass is 9.97. The molecular formula is C46H29NS2. The van der Waals surface area contributed by atoms with Gasteiger partial charge in [-0.05, 0) is 81.6 Å². The minimum Gasteiger partial charge on any atom is -0.310 e. The summed E-state index contributed by atoms with van der Waals surface area (Å²) in [7, 11) is 0. The van der Waals surface area contributed by atoms with E-state index in [1.54, 1.807) is 0 Å². The Kier molecular flexibility index (Phi) is 6.61. The standard InChI is InChI=1S/C46H29NS2/c1-3-10-30(11-4-1)31-18-20-33(21-19-31)37-16-9-17-43-45(37)41-28-35(24-27-42(41)48-43)47(34-13-5-2-6-14-34)36-23-26-39-40-25-22-32-12-7-8-15-38(32)46(40)49-44(39)29-36/h1-29H. The smallest absolute Gasteiger partial charge is 0.0476 e. The van der Waals surface area contributed by atoms with Crippen LogP contribution in [0.3, 0.4) is 0 Å². The highest BCUT2D eigenvalue weighted by Gasteiger charge is 2.18. The van der Waals surface area contributed by atoms with E-state index in [0.717, 1.165) is 17.1 Å². The molecule has 10 aromatic rings. The van der Waals surface area contributed by atoms with E-state index in [0.29, 0.717) is 0 Å². The molecule has 0 atom stereocenters. The van der Waals surface area contributed by atoms with E-state index < -0.39 is 0 Å². The molecule has 0 aliphatic carbocycles. The fraction of sp³-hybridized carbons (Fsp3) is 0. The van der Waals surface area contributed by atoms with Crippen LogP contribution in [0.2, 0.25) is 0 Å². The van der Waals surface area contributed by atoms with Gasteiger partial charge < -0.3 is 4.90 Å². The van der Waals surface area contributed by atoms with Gasteiger partial charge in [0.05, 0.1) is 0 Å². The lowest BCUT2D eigenvalue weighted by Crippen LogP contribution is -2.09. The van der Waals surface area contributed by atoms with E-state index >= 15 is 0 Å². The number of nitrogens with zero attached hydrogens (tertiary/aromatic N) is 1. The molecule has 0 radical (unpaired) electrons. The van der Waals surface area contributed by atoms with Gasteiger partial charge in [0.1, 0.15) is 0 Å². The van der Waals surface area contributed by atoms with Crippen LogP contribution in [0.1, 0.15) is 0 Å². The maximum atomic E-state index is 2.40. The van der Waals surface area contributed by atoms with Gasteiger partial charge in [0.2, 0.25) is 0 Å². The van der Waals surface area contributed by atoms with Crippen molar-refractivity contribution in [2.24, 2.45) is 0 Å². The number of hydrogen-bond acceptors (Lipinski definition) is 3. The van der Waals surface area contributed by atoms with Gasteiger partial charge in [-0.3, -0.25) is 0 Å². The lowest BCUT2D eigenvalue weighted by Gasteiger charge is -2.25. The maximum Gasteiger partial charge on any atom is 0.0476 e. The number of hydrogen-bond donors (Lipinski definition) is 0. The predicted molar refractivity (Wildman–Crippen MR) is 215 cm³/mol. The average Bonchev–Trinajstić information content (AvgIpc) is 3.74. The second kappa shape index (κ2) is 11.5. The van der Waals surface area contributed by atoms with Crippen LogP contribution in [0, 0.1) is 0 Å². The Morgan fingerprint density at radius 3 is 1.90 bits per heavy atom. The molecule has 0 N–H and O–H groups in total. The van der Waals surface area contributed by atoms with E-state index in [2.05, 4.69) is 181 Å². The number of thiophene rings is 2. The Bertz CT molecular complexity index is 2810. The first-order valence-electron chi connectivity index (χ1n) is 16.6. The van der Waals surface area contributed by atoms with Crippen molar-refractivity contribution in [3.8, 4) is 22.3 Å². The Morgan fingerprint density at radius 1 is 0.347 bits per heavy atom. The van der Waals surface area contributed by atoms with Crippen molar-refractivity contribution in [2.45, 2.75) is 0 Å². The largest absolute Gasteiger partial charge is 0.310 e. The maximum absolute atomic E-state index is 2.40. The molecule has 10 rings (SSSR count). The molecule has 2 aromatic heterocycles. The summed E-state index contributed by atoms with van der Waals surface area (Å²) < 4.78 is 5.26. The van der Waals surface area contributed by atoms with E-state index in [9.17, 15) is 0 Å². The van der Waals surface area contributed by atoms with Crippen LogP contribution in [0.5, 0.6) is 0 Å². The normalized spacial score (nSPS) is 11.7. The number of fused-ring (bicyclic) bond motifs is 8. The first-order chi connectivity index (χ1) is 24.3. The number of benzene rings is 8. The molecule has 0 aliphatic rings. The summed E-state index contributed by atoms with van der Waals surface area (Å²) in [6, 6.07) is 64.3. The van der Waals surface area contributed by atoms with E-state index in [1.165, 1.54) is 73.4 Å². The molecule has 0 unspecified atom stereocenters. The van der Waals surface area contributed by atoms with Crippen molar-refractivity contribution in [2.75, 3.05) is 4.90 Å². The van der Waals surface area contributed by atoms with Crippen molar-refractivity contribution >= 4 is 90.9 Å². The monoisotopic (exact) mass is 659 g/mol. The van der Waals surface area contributed by atoms with E-state index in [1.807, 2.05) is 22.7 Å². The van der Waals surface area contributed by atoms with Crippen LogP contribution in [-0.4, -0.2) is 0 Å². The SMILES string of the molecule is c1ccc(-c2ccc(-c3cccc4sc5ccc(N(c6ccccc6)c6ccc7c(c6)sc6c8ccccc8ccc76)cc5c34)cc2)cc1. The minimum absolute atomic E-state index is 1.14. The van der Waals surface area contributed by atoms with Crippen molar-refractivity contribution in [1.29, 1.82) is 0 Å². The Balaban J connectivity index is 1.13. The third-order valence-corrected chi connectivity index (χ3v) is 12.0. The molecular weight excluding hydrogens is 631 g/mol. The zero-order valence-corrected chi connectivity index (χ0v) is 28.1. The molecule has 1 nitrogen and oxygen atoms in total. The first-order valence-corrected chi connectivity index (χ1v) is 18.2. The fourth-order valence-electron chi connectivity index (χ4n) is 7.32. The predicted octanol–water partition coefficient (Wildman–Crippen LogP) is 14.4. The minimum atomic E-state index is 1.14. The molecule has 0 saturated heterocycles. The number of para-hydroxylation sites is 1. The van der Waals surface area contributed by atoms with Crippen molar-refractivity contribution in [3.63, 3.8) is 0 Å². The summed E-state index contributed by atoms with van der Waals surface area (Å²) in [4.78, 5) is 2.40. The van der Waals surface area contributed by atoms with Crippen molar-refractivity contribution in [3.05, 3.63) is 176 Å². The summed E-state index contributed by atoms with van der Waals surface area (Å²) in [5.74, 6) is 0. The Morgan fingerprint density at radius 2 is 1.04 bits per heavy atom. The summed E-state index contributed by atoms with van der Waals surface area (Å²) >= 11 is 3.76. The summed E-state index contributed by atoms with van der Waals surface area (Å²) in [5.41, 5.74) is 8.42. The number of rotatable bonds is 5. The highest BCUT2D eigenvalue weighted by atomic mass is 32.1. The van der Waals surface area contributed by atoms with Crippen LogP contribution >= 0.6 is 22.7 Å². The van der Waals surface area contributed by atoms with E-state index in [-0.39, 0.29) is 0 Å². The molecule has 3 heteroatoms. The van der Waals surface area contributed by atoms with Gasteiger partial charge in [0.25, 0.3) is 0 Å². The second-order valence-corrected chi connectivity index (χ2v) is 14.7. The highest BCUT2D eigenvalue weighted by Crippen LogP contribution is 2.46. The third kappa shape index (κ3) is 4.74. The molecule has 230 valence electrons. The van der Waals surface area contributed by atoms with Crippen LogP contribution in [0.25, 0.3) is 73.4 Å². The molecule has 0 amide bonds. The van der Waals surface area contributed by atoms with Crippen LogP contribution < -0.4 is 4.90 Å². The van der Waals surface area contributed by atoms with Crippen molar-refractivity contribution in [1.82, 2.24) is 0 Å². The fourth-order valence-corrected chi connectivity index (χ4v) is 9.71. The van der Waals surface area contributed by atoms with Gasteiger partial charge in [0, 0.05) is 57.4 Å². The molecule has 0 aliphatic heterocycles. The van der Waals surface area contributed by atoms with Crippen LogP contribution in [-0.2, 0) is 0 Å². The average molecular weight is 660 g/mol. The third-order valence-electron chi connectivity index (χ3n) is 9.66. The van der Waals surface area contributed by atoms with Crippen molar-refractivity contribution < 1.29 is 0 Å². The van der Waals surface area contributed by atoms with Gasteiger partial charge in [-0.15, -0.1) is 22.7 Å². The molecule has 8 aromatic carbocycles. The summed E-state index contributed by atoms with van der Waals surface area (Å²) in [6.07, 6.45) is 0. The first kappa shape index (κ1) is 28.3. The highest BCUT2D eigenvalue weighted by molar-refractivity contribution is 7.27. The molecule has 0 fully saturated rings. The summed E-state index contributed by atoms with van der Waals surface area (Å²) in [5, 5.41) is 7.85. The molecule has 0 bridgehead atoms. The Hall–Kier alpha value is -5.74. The molecule has 0 spiro atoms. The molecule has 49 heavy (non-hydrogen) atoms. The molecule has 0 saturated carbocycles. The van der Waals surface area contributed by atoms with Gasteiger partial charge in [-0.25, -0.2) is 0 Å². The topological polar surface area (TPSA) is 3.24 Å². The lowest BCUT2D eigenvalue weighted by molar-refractivity contribution is 1.30. The quantitative estimate of drug-likeness (QED) is 0.178. The van der Waals surface area contributed by atoms with E-state index in [4.69, 9.17) is 0 Å². The second-order valence-electron chi connectivity index (χ2n) is 12.5. The van der Waals surface area contributed by atoms with Gasteiger partial charge in [0.15, 0.2) is 0 Å². The van der Waals surface area contributed by atoms with Crippen LogP contribution in [0.15, 0.2) is 176 Å². The molecule has 2 heterocycles. The number of anilines is 3.